The Balaban J connectivity index is 0.000000208. The largest absolute Gasteiger partial charge is 0.490 e. The molecule has 1 N–H and O–H groups in total. The summed E-state index contributed by atoms with van der Waals surface area (Å²) in [5, 5.41) is 0. The second-order valence-electron chi connectivity index (χ2n) is 8.17. The Bertz CT molecular complexity index is 771. The van der Waals surface area contributed by atoms with Gasteiger partial charge in [-0.1, -0.05) is 23.8 Å². The van der Waals surface area contributed by atoms with Gasteiger partial charge in [0.25, 0.3) is 10.1 Å². The number of rotatable bonds is 2. The maximum atomic E-state index is 10.5. The summed E-state index contributed by atoms with van der Waals surface area (Å²) < 4.78 is 41.6. The van der Waals surface area contributed by atoms with Crippen LogP contribution in [0.15, 0.2) is 40.7 Å². The van der Waals surface area contributed by atoms with E-state index >= 15 is 0 Å². The Morgan fingerprint density at radius 3 is 2.00 bits per heavy atom. The van der Waals surface area contributed by atoms with Gasteiger partial charge in [0.05, 0.1) is 16.1 Å². The van der Waals surface area contributed by atoms with Gasteiger partial charge in [0.15, 0.2) is 0 Å². The van der Waals surface area contributed by atoms with Crippen molar-refractivity contribution in [3.8, 4) is 0 Å². The molecule has 0 unspecified atom stereocenters. The highest BCUT2D eigenvalue weighted by molar-refractivity contribution is 7.85. The van der Waals surface area contributed by atoms with Crippen LogP contribution >= 0.6 is 0 Å². The summed E-state index contributed by atoms with van der Waals surface area (Å²) >= 11 is 0. The Labute approximate surface area is 163 Å². The standard InChI is InChI=1S/C12H22BNO2.C7H8O3S/c1-11(2)12(3,4)16-13(15-11)10-6-8-14(5)9-7-10;1-6-2-4-7(5-3-6)11(8,9)10/h6H,7-9H2,1-5H3;2-5H,1H3,(H,8,9,10). The number of benzene rings is 1. The molecule has 0 atom stereocenters. The van der Waals surface area contributed by atoms with Crippen LogP contribution in [0.25, 0.3) is 0 Å². The SMILES string of the molecule is CN1CC=C(B2OC(C)(C)C(C)(C)O2)CC1.Cc1ccc(S(=O)(=O)O)cc1. The summed E-state index contributed by atoms with van der Waals surface area (Å²) in [5.41, 5.74) is 1.82. The van der Waals surface area contributed by atoms with Gasteiger partial charge in [0.1, 0.15) is 0 Å². The topological polar surface area (TPSA) is 76.1 Å². The van der Waals surface area contributed by atoms with E-state index in [4.69, 9.17) is 13.9 Å². The van der Waals surface area contributed by atoms with Crippen LogP contribution in [0.5, 0.6) is 0 Å². The first kappa shape index (κ1) is 22.1. The highest BCUT2D eigenvalue weighted by Crippen LogP contribution is 2.39. The smallest absolute Gasteiger partial charge is 0.400 e. The molecule has 2 aliphatic rings. The molecule has 150 valence electrons. The zero-order valence-corrected chi connectivity index (χ0v) is 17.8. The molecule has 8 heteroatoms. The molecular formula is C19H30BNO5S. The average molecular weight is 395 g/mol. The molecular weight excluding hydrogens is 365 g/mol. The molecule has 0 spiro atoms. The van der Waals surface area contributed by atoms with Gasteiger partial charge in [-0.3, -0.25) is 4.55 Å². The fourth-order valence-electron chi connectivity index (χ4n) is 2.71. The first-order valence-electron chi connectivity index (χ1n) is 9.09. The lowest BCUT2D eigenvalue weighted by molar-refractivity contribution is 0.00578. The maximum Gasteiger partial charge on any atom is 0.490 e. The van der Waals surface area contributed by atoms with Crippen LogP contribution in [0, 0.1) is 6.92 Å². The molecule has 27 heavy (non-hydrogen) atoms. The van der Waals surface area contributed by atoms with Gasteiger partial charge >= 0.3 is 7.12 Å². The third kappa shape index (κ3) is 5.65. The Kier molecular flexibility index (Phi) is 6.59. The normalized spacial score (nSPS) is 22.0. The molecule has 0 amide bonds. The van der Waals surface area contributed by atoms with Crippen LogP contribution in [0.2, 0.25) is 0 Å². The molecule has 0 bridgehead atoms. The minimum Gasteiger partial charge on any atom is -0.400 e. The minimum atomic E-state index is -4.02. The lowest BCUT2D eigenvalue weighted by Gasteiger charge is -2.32. The van der Waals surface area contributed by atoms with Crippen molar-refractivity contribution in [2.75, 3.05) is 20.1 Å². The van der Waals surface area contributed by atoms with E-state index in [-0.39, 0.29) is 23.2 Å². The van der Waals surface area contributed by atoms with E-state index in [9.17, 15) is 8.42 Å². The van der Waals surface area contributed by atoms with Gasteiger partial charge in [-0.2, -0.15) is 8.42 Å². The number of hydrogen-bond acceptors (Lipinski definition) is 5. The van der Waals surface area contributed by atoms with Crippen LogP contribution in [0.4, 0.5) is 0 Å². The first-order valence-corrected chi connectivity index (χ1v) is 10.5. The monoisotopic (exact) mass is 395 g/mol. The van der Waals surface area contributed by atoms with E-state index in [2.05, 4.69) is 45.7 Å². The molecule has 6 nitrogen and oxygen atoms in total. The Morgan fingerprint density at radius 1 is 1.07 bits per heavy atom. The van der Waals surface area contributed by atoms with E-state index in [1.807, 2.05) is 6.92 Å². The predicted octanol–water partition coefficient (Wildman–Crippen LogP) is 3.12. The molecule has 0 aromatic heterocycles. The Morgan fingerprint density at radius 2 is 1.59 bits per heavy atom. The van der Waals surface area contributed by atoms with Crippen molar-refractivity contribution in [3.63, 3.8) is 0 Å². The summed E-state index contributed by atoms with van der Waals surface area (Å²) in [6.07, 6.45) is 3.29. The van der Waals surface area contributed by atoms with E-state index in [0.717, 1.165) is 25.1 Å². The predicted molar refractivity (Wildman–Crippen MR) is 107 cm³/mol. The minimum absolute atomic E-state index is 0.0666. The van der Waals surface area contributed by atoms with Crippen LogP contribution in [0.3, 0.4) is 0 Å². The maximum absolute atomic E-state index is 10.5. The third-order valence-electron chi connectivity index (χ3n) is 5.32. The van der Waals surface area contributed by atoms with E-state index in [0.29, 0.717) is 0 Å². The van der Waals surface area contributed by atoms with Gasteiger partial charge in [-0.25, -0.2) is 0 Å². The van der Waals surface area contributed by atoms with Gasteiger partial charge in [0.2, 0.25) is 0 Å². The molecule has 0 aliphatic carbocycles. The fraction of sp³-hybridized carbons (Fsp3) is 0.579. The van der Waals surface area contributed by atoms with Crippen molar-refractivity contribution >= 4 is 17.2 Å². The van der Waals surface area contributed by atoms with Crippen LogP contribution in [0.1, 0.15) is 39.7 Å². The number of hydrogen-bond donors (Lipinski definition) is 1. The summed E-state index contributed by atoms with van der Waals surface area (Å²) in [5.74, 6) is 0. The number of aryl methyl sites for hydroxylation is 1. The van der Waals surface area contributed by atoms with Crippen molar-refractivity contribution in [3.05, 3.63) is 41.4 Å². The Hall–Kier alpha value is -1.19. The quantitative estimate of drug-likeness (QED) is 0.613. The molecule has 2 aliphatic heterocycles. The molecule has 0 saturated carbocycles. The molecule has 1 fully saturated rings. The van der Waals surface area contributed by atoms with Crippen molar-refractivity contribution in [1.29, 1.82) is 0 Å². The first-order chi connectivity index (χ1) is 12.3. The summed E-state index contributed by atoms with van der Waals surface area (Å²) in [4.78, 5) is 2.23. The molecule has 1 aromatic rings. The van der Waals surface area contributed by atoms with E-state index in [1.54, 1.807) is 12.1 Å². The zero-order chi connectivity index (χ0) is 20.5. The lowest BCUT2D eigenvalue weighted by atomic mass is 9.75. The summed E-state index contributed by atoms with van der Waals surface area (Å²) in [6, 6.07) is 5.99. The lowest BCUT2D eigenvalue weighted by Crippen LogP contribution is -2.41. The summed E-state index contributed by atoms with van der Waals surface area (Å²) in [7, 11) is -2.02. The van der Waals surface area contributed by atoms with E-state index < -0.39 is 10.1 Å². The van der Waals surface area contributed by atoms with Gasteiger partial charge in [-0.15, -0.1) is 0 Å². The van der Waals surface area contributed by atoms with E-state index in [1.165, 1.54) is 17.6 Å². The third-order valence-corrected chi connectivity index (χ3v) is 6.19. The van der Waals surface area contributed by atoms with Gasteiger partial charge in [-0.05, 0) is 65.7 Å². The number of likely N-dealkylation sites (N-methyl/N-ethyl adjacent to an activating group) is 1. The highest BCUT2D eigenvalue weighted by Gasteiger charge is 2.52. The molecule has 3 rings (SSSR count). The molecule has 2 heterocycles. The second-order valence-corrected chi connectivity index (χ2v) is 9.59. The van der Waals surface area contributed by atoms with Gasteiger partial charge in [0, 0.05) is 13.1 Å². The van der Waals surface area contributed by atoms with Crippen molar-refractivity contribution in [2.45, 2.75) is 57.1 Å². The van der Waals surface area contributed by atoms with Crippen LogP contribution in [-0.4, -0.2) is 56.3 Å². The van der Waals surface area contributed by atoms with Crippen LogP contribution < -0.4 is 0 Å². The molecule has 1 aromatic carbocycles. The number of nitrogens with zero attached hydrogens (tertiary/aromatic N) is 1. The molecule has 0 radical (unpaired) electrons. The average Bonchev–Trinajstić information content (AvgIpc) is 2.76. The van der Waals surface area contributed by atoms with Crippen LogP contribution in [-0.2, 0) is 19.4 Å². The highest BCUT2D eigenvalue weighted by atomic mass is 32.2. The second kappa shape index (κ2) is 8.05. The van der Waals surface area contributed by atoms with Crippen molar-refractivity contribution in [1.82, 2.24) is 4.90 Å². The van der Waals surface area contributed by atoms with Crippen molar-refractivity contribution < 1.29 is 22.3 Å². The van der Waals surface area contributed by atoms with Gasteiger partial charge < -0.3 is 14.2 Å². The summed E-state index contributed by atoms with van der Waals surface area (Å²) in [6.45, 7) is 12.3. The molecule has 1 saturated heterocycles. The zero-order valence-electron chi connectivity index (χ0n) is 17.0. The van der Waals surface area contributed by atoms with Crippen molar-refractivity contribution in [2.24, 2.45) is 0 Å². The fourth-order valence-corrected chi connectivity index (χ4v) is 3.19.